The topological polar surface area (TPSA) is 53.2 Å². The van der Waals surface area contributed by atoms with Gasteiger partial charge in [-0.25, -0.2) is 0 Å². The first-order valence-corrected chi connectivity index (χ1v) is 5.50. The Balaban J connectivity index is 2.52. The van der Waals surface area contributed by atoms with Gasteiger partial charge in [-0.3, -0.25) is 0 Å². The zero-order chi connectivity index (χ0) is 11.3. The van der Waals surface area contributed by atoms with Crippen molar-refractivity contribution in [3.05, 3.63) is 12.2 Å². The maximum absolute atomic E-state index is 9.15. The third-order valence-corrected chi connectivity index (χ3v) is 2.87. The van der Waals surface area contributed by atoms with E-state index < -0.39 is 6.10 Å². The fraction of sp³-hybridized carbons (Fsp3) is 0.750. The molecule has 84 valence electrons. The Morgan fingerprint density at radius 2 is 2.40 bits per heavy atom. The highest BCUT2D eigenvalue weighted by atomic mass is 16.5. The molecule has 1 aliphatic heterocycles. The van der Waals surface area contributed by atoms with Crippen LogP contribution in [-0.2, 0) is 4.74 Å². The van der Waals surface area contributed by atoms with Crippen LogP contribution < -0.4 is 0 Å². The molecule has 1 heterocycles. The summed E-state index contributed by atoms with van der Waals surface area (Å²) in [6, 6.07) is 2.17. The van der Waals surface area contributed by atoms with E-state index in [1.807, 2.05) is 6.08 Å². The molecule has 1 rings (SSSR count). The predicted molar refractivity (Wildman–Crippen MR) is 58.1 cm³/mol. The number of hydrogen-bond donors (Lipinski definition) is 1. The summed E-state index contributed by atoms with van der Waals surface area (Å²) >= 11 is 0. The Morgan fingerprint density at radius 1 is 1.67 bits per heavy atom. The summed E-state index contributed by atoms with van der Waals surface area (Å²) in [7, 11) is 0. The summed E-state index contributed by atoms with van der Waals surface area (Å²) in [6.07, 6.45) is 4.78. The van der Waals surface area contributed by atoms with Gasteiger partial charge < -0.3 is 9.84 Å². The van der Waals surface area contributed by atoms with Gasteiger partial charge in [0.05, 0.1) is 24.9 Å². The summed E-state index contributed by atoms with van der Waals surface area (Å²) in [5.74, 6) is 0.918. The van der Waals surface area contributed by atoms with Crippen LogP contribution in [-0.4, -0.2) is 23.9 Å². The average Bonchev–Trinajstić information content (AvgIpc) is 2.53. The molecule has 3 heteroatoms. The van der Waals surface area contributed by atoms with Gasteiger partial charge in [-0.1, -0.05) is 19.1 Å². The number of rotatable bonds is 4. The molecular weight excluding hydrogens is 190 g/mol. The summed E-state index contributed by atoms with van der Waals surface area (Å²) < 4.78 is 5.62. The van der Waals surface area contributed by atoms with Gasteiger partial charge in [-0.15, -0.1) is 0 Å². The van der Waals surface area contributed by atoms with Crippen molar-refractivity contribution >= 4 is 0 Å². The lowest BCUT2D eigenvalue weighted by molar-refractivity contribution is 0.123. The van der Waals surface area contributed by atoms with Gasteiger partial charge in [0, 0.05) is 6.42 Å². The maximum Gasteiger partial charge on any atom is 0.0788 e. The molecule has 4 atom stereocenters. The third-order valence-electron chi connectivity index (χ3n) is 2.87. The van der Waals surface area contributed by atoms with Gasteiger partial charge in [0.2, 0.25) is 0 Å². The largest absolute Gasteiger partial charge is 0.389 e. The zero-order valence-corrected chi connectivity index (χ0v) is 9.39. The van der Waals surface area contributed by atoms with Crippen molar-refractivity contribution in [2.24, 2.45) is 11.8 Å². The SMILES string of the molecule is CC(O)/C=C/[C@H]1OC[C@H](C)[C@@H]1CCC#N. The van der Waals surface area contributed by atoms with E-state index in [-0.39, 0.29) is 6.10 Å². The van der Waals surface area contributed by atoms with Gasteiger partial charge in [0.15, 0.2) is 0 Å². The molecule has 1 fully saturated rings. The molecule has 0 aromatic rings. The molecule has 0 aromatic carbocycles. The van der Waals surface area contributed by atoms with E-state index in [0.717, 1.165) is 13.0 Å². The molecule has 1 unspecified atom stereocenters. The van der Waals surface area contributed by atoms with E-state index >= 15 is 0 Å². The van der Waals surface area contributed by atoms with Crippen LogP contribution in [0.4, 0.5) is 0 Å². The number of ether oxygens (including phenoxy) is 1. The second kappa shape index (κ2) is 5.89. The molecule has 1 aliphatic rings. The quantitative estimate of drug-likeness (QED) is 0.719. The van der Waals surface area contributed by atoms with E-state index in [9.17, 15) is 0 Å². The first kappa shape index (κ1) is 12.2. The van der Waals surface area contributed by atoms with Crippen LogP contribution >= 0.6 is 0 Å². The second-order valence-corrected chi connectivity index (χ2v) is 4.26. The molecule has 0 aromatic heterocycles. The smallest absolute Gasteiger partial charge is 0.0788 e. The molecule has 0 saturated carbocycles. The Hall–Kier alpha value is -0.850. The third kappa shape index (κ3) is 3.65. The summed E-state index contributed by atoms with van der Waals surface area (Å²) in [5, 5.41) is 17.7. The van der Waals surface area contributed by atoms with Crippen molar-refractivity contribution in [3.8, 4) is 6.07 Å². The maximum atomic E-state index is 9.15. The Kier molecular flexibility index (Phi) is 4.80. The predicted octanol–water partition coefficient (Wildman–Crippen LogP) is 1.88. The van der Waals surface area contributed by atoms with Gasteiger partial charge in [-0.05, 0) is 25.2 Å². The highest BCUT2D eigenvalue weighted by Gasteiger charge is 2.32. The van der Waals surface area contributed by atoms with E-state index in [1.54, 1.807) is 13.0 Å². The van der Waals surface area contributed by atoms with Crippen LogP contribution in [0.25, 0.3) is 0 Å². The fourth-order valence-electron chi connectivity index (χ4n) is 1.98. The molecule has 0 bridgehead atoms. The van der Waals surface area contributed by atoms with Crippen LogP contribution in [0, 0.1) is 23.2 Å². The fourth-order valence-corrected chi connectivity index (χ4v) is 1.98. The van der Waals surface area contributed by atoms with Crippen LogP contribution in [0.5, 0.6) is 0 Å². The van der Waals surface area contributed by atoms with Crippen LogP contribution in [0.15, 0.2) is 12.2 Å². The van der Waals surface area contributed by atoms with E-state index in [1.165, 1.54) is 0 Å². The van der Waals surface area contributed by atoms with Crippen molar-refractivity contribution < 1.29 is 9.84 Å². The minimum atomic E-state index is -0.430. The first-order chi connectivity index (χ1) is 7.15. The van der Waals surface area contributed by atoms with Gasteiger partial charge in [0.25, 0.3) is 0 Å². The summed E-state index contributed by atoms with van der Waals surface area (Å²) in [6.45, 7) is 4.63. The lowest BCUT2D eigenvalue weighted by Gasteiger charge is -2.16. The van der Waals surface area contributed by atoms with Gasteiger partial charge >= 0.3 is 0 Å². The summed E-state index contributed by atoms with van der Waals surface area (Å²) in [5.41, 5.74) is 0. The van der Waals surface area contributed by atoms with Gasteiger partial charge in [-0.2, -0.15) is 5.26 Å². The van der Waals surface area contributed by atoms with E-state index in [2.05, 4.69) is 13.0 Å². The van der Waals surface area contributed by atoms with Crippen molar-refractivity contribution in [1.29, 1.82) is 5.26 Å². The molecule has 15 heavy (non-hydrogen) atoms. The Morgan fingerprint density at radius 3 is 3.00 bits per heavy atom. The number of nitrogens with zero attached hydrogens (tertiary/aromatic N) is 1. The Bertz CT molecular complexity index is 255. The molecular formula is C12H19NO2. The molecule has 1 N–H and O–H groups in total. The van der Waals surface area contributed by atoms with Crippen molar-refractivity contribution in [3.63, 3.8) is 0 Å². The number of nitriles is 1. The number of aliphatic hydroxyl groups is 1. The highest BCUT2D eigenvalue weighted by molar-refractivity contribution is 5.00. The van der Waals surface area contributed by atoms with Crippen LogP contribution in [0.1, 0.15) is 26.7 Å². The van der Waals surface area contributed by atoms with Crippen molar-refractivity contribution in [1.82, 2.24) is 0 Å². The summed E-state index contributed by atoms with van der Waals surface area (Å²) in [4.78, 5) is 0. The lowest BCUT2D eigenvalue weighted by Crippen LogP contribution is -2.17. The standard InChI is InChI=1S/C12H19NO2/c1-9-8-15-12(6-5-10(2)14)11(9)4-3-7-13/h5-6,9-12,14H,3-4,8H2,1-2H3/b6-5+/t9-,10?,11-,12+/m0/s1. The second-order valence-electron chi connectivity index (χ2n) is 4.26. The minimum absolute atomic E-state index is 0.0722. The Labute approximate surface area is 91.4 Å². The molecule has 0 aliphatic carbocycles. The molecule has 3 nitrogen and oxygen atoms in total. The molecule has 1 saturated heterocycles. The molecule has 0 spiro atoms. The van der Waals surface area contributed by atoms with Crippen LogP contribution in [0.2, 0.25) is 0 Å². The van der Waals surface area contributed by atoms with Crippen molar-refractivity contribution in [2.75, 3.05) is 6.61 Å². The van der Waals surface area contributed by atoms with Crippen molar-refractivity contribution in [2.45, 2.75) is 38.9 Å². The monoisotopic (exact) mass is 209 g/mol. The van der Waals surface area contributed by atoms with E-state index in [4.69, 9.17) is 15.1 Å². The number of hydrogen-bond acceptors (Lipinski definition) is 3. The normalized spacial score (nSPS) is 33.1. The highest BCUT2D eigenvalue weighted by Crippen LogP contribution is 2.31. The van der Waals surface area contributed by atoms with E-state index in [0.29, 0.717) is 18.3 Å². The molecule has 0 amide bonds. The first-order valence-electron chi connectivity index (χ1n) is 5.50. The average molecular weight is 209 g/mol. The van der Waals surface area contributed by atoms with Gasteiger partial charge in [0.1, 0.15) is 0 Å². The lowest BCUT2D eigenvalue weighted by atomic mass is 9.88. The van der Waals surface area contributed by atoms with Crippen LogP contribution in [0.3, 0.4) is 0 Å². The molecule has 0 radical (unpaired) electrons. The minimum Gasteiger partial charge on any atom is -0.389 e. The zero-order valence-electron chi connectivity index (χ0n) is 9.39. The number of aliphatic hydroxyl groups excluding tert-OH is 1.